The molecule has 1 fully saturated rings. The molecular weight excluding hydrogens is 394 g/mol. The first-order valence-electron chi connectivity index (χ1n) is 10.6. The fourth-order valence-corrected chi connectivity index (χ4v) is 3.79. The number of hydrogen-bond donors (Lipinski definition) is 2. The third-order valence-electron chi connectivity index (χ3n) is 5.35. The molecule has 4 rings (SSSR count). The molecule has 0 unspecified atom stereocenters. The van der Waals surface area contributed by atoms with E-state index < -0.39 is 0 Å². The van der Waals surface area contributed by atoms with Crippen molar-refractivity contribution in [3.63, 3.8) is 0 Å². The van der Waals surface area contributed by atoms with Gasteiger partial charge in [0.25, 0.3) is 5.89 Å². The number of nitrogens with one attached hydrogen (secondary N) is 2. The van der Waals surface area contributed by atoms with Crippen molar-refractivity contribution in [3.05, 3.63) is 41.7 Å². The normalized spacial score (nSPS) is 16.0. The van der Waals surface area contributed by atoms with Gasteiger partial charge in [-0.25, -0.2) is 4.98 Å². The summed E-state index contributed by atoms with van der Waals surface area (Å²) in [6.07, 6.45) is 3.43. The van der Waals surface area contributed by atoms with Crippen molar-refractivity contribution in [1.29, 1.82) is 0 Å². The summed E-state index contributed by atoms with van der Waals surface area (Å²) in [6, 6.07) is 7.73. The molecule has 0 saturated carbocycles. The van der Waals surface area contributed by atoms with Crippen molar-refractivity contribution in [2.24, 2.45) is 0 Å². The van der Waals surface area contributed by atoms with Gasteiger partial charge in [0.15, 0.2) is 5.69 Å². The van der Waals surface area contributed by atoms with Crippen LogP contribution in [0, 0.1) is 6.92 Å². The summed E-state index contributed by atoms with van der Waals surface area (Å²) in [6.45, 7) is 5.93. The molecule has 9 heteroatoms. The molecule has 162 valence electrons. The Morgan fingerprint density at radius 3 is 2.74 bits per heavy atom. The van der Waals surface area contributed by atoms with Crippen LogP contribution in [0.15, 0.2) is 34.9 Å². The van der Waals surface area contributed by atoms with Crippen LogP contribution in [0.25, 0.3) is 23.0 Å². The van der Waals surface area contributed by atoms with Gasteiger partial charge in [-0.2, -0.15) is 0 Å². The van der Waals surface area contributed by atoms with Crippen LogP contribution in [0.5, 0.6) is 0 Å². The molecule has 31 heavy (non-hydrogen) atoms. The Morgan fingerprint density at radius 2 is 2.00 bits per heavy atom. The summed E-state index contributed by atoms with van der Waals surface area (Å²) in [7, 11) is 1.91. The zero-order valence-electron chi connectivity index (χ0n) is 18.1. The lowest BCUT2D eigenvalue weighted by Crippen LogP contribution is -2.43. The maximum absolute atomic E-state index is 12.4. The lowest BCUT2D eigenvalue weighted by atomic mass is 10.1. The second kappa shape index (κ2) is 9.22. The van der Waals surface area contributed by atoms with Gasteiger partial charge in [-0.3, -0.25) is 9.78 Å². The highest BCUT2D eigenvalue weighted by molar-refractivity contribution is 5.85. The first-order chi connectivity index (χ1) is 15.1. The number of aromatic nitrogens is 4. The minimum absolute atomic E-state index is 0.0192. The first-order valence-corrected chi connectivity index (χ1v) is 10.6. The summed E-state index contributed by atoms with van der Waals surface area (Å²) in [5.74, 6) is 1.41. The molecule has 1 aromatic carbocycles. The maximum atomic E-state index is 12.4. The van der Waals surface area contributed by atoms with Gasteiger partial charge >= 0.3 is 0 Å². The number of hydrogen-bond acceptors (Lipinski definition) is 8. The third kappa shape index (κ3) is 4.41. The topological polar surface area (TPSA) is 109 Å². The highest BCUT2D eigenvalue weighted by Gasteiger charge is 2.32. The molecule has 1 aliphatic rings. The van der Waals surface area contributed by atoms with Gasteiger partial charge in [0.1, 0.15) is 11.9 Å². The molecule has 1 amide bonds. The molecule has 0 spiro atoms. The Labute approximate surface area is 181 Å². The first kappa shape index (κ1) is 20.9. The van der Waals surface area contributed by atoms with Crippen LogP contribution in [-0.4, -0.2) is 52.3 Å². The molecule has 0 aliphatic carbocycles. The summed E-state index contributed by atoms with van der Waals surface area (Å²) >= 11 is 0. The highest BCUT2D eigenvalue weighted by Crippen LogP contribution is 2.29. The number of likely N-dealkylation sites (N-methyl/N-ethyl adjacent to an activating group) is 1. The van der Waals surface area contributed by atoms with E-state index in [0.29, 0.717) is 35.5 Å². The minimum Gasteiger partial charge on any atom is -0.415 e. The van der Waals surface area contributed by atoms with Gasteiger partial charge in [-0.15, -0.1) is 10.2 Å². The lowest BCUT2D eigenvalue weighted by molar-refractivity contribution is -0.122. The molecule has 1 atom stereocenters. The molecule has 2 N–H and O–H groups in total. The van der Waals surface area contributed by atoms with Crippen LogP contribution in [-0.2, 0) is 11.3 Å². The Morgan fingerprint density at radius 1 is 1.23 bits per heavy atom. The molecule has 0 bridgehead atoms. The number of rotatable bonds is 7. The SMILES string of the molecule is CCNC(=O)[C@@H]1CCCN1c1cnc(C)c(-c2nnc(-c3ccc(CNC)cc3)o2)n1. The predicted molar refractivity (Wildman–Crippen MR) is 117 cm³/mol. The predicted octanol–water partition coefficient (Wildman–Crippen LogP) is 2.33. The number of nitrogens with zero attached hydrogens (tertiary/aromatic N) is 5. The number of benzene rings is 1. The number of carbonyl (C=O) groups is 1. The molecule has 3 heterocycles. The number of aryl methyl sites for hydroxylation is 1. The van der Waals surface area contributed by atoms with E-state index in [1.165, 1.54) is 5.56 Å². The van der Waals surface area contributed by atoms with Crippen molar-refractivity contribution in [2.45, 2.75) is 39.3 Å². The number of anilines is 1. The fraction of sp³-hybridized carbons (Fsp3) is 0.409. The van der Waals surface area contributed by atoms with Crippen molar-refractivity contribution in [3.8, 4) is 23.0 Å². The minimum atomic E-state index is -0.237. The third-order valence-corrected chi connectivity index (χ3v) is 5.35. The van der Waals surface area contributed by atoms with Crippen LogP contribution in [0.2, 0.25) is 0 Å². The van der Waals surface area contributed by atoms with E-state index in [9.17, 15) is 4.79 Å². The van der Waals surface area contributed by atoms with E-state index in [4.69, 9.17) is 9.40 Å². The van der Waals surface area contributed by atoms with Gasteiger partial charge in [-0.05, 0) is 51.4 Å². The quantitative estimate of drug-likeness (QED) is 0.598. The Bertz CT molecular complexity index is 1050. The van der Waals surface area contributed by atoms with Crippen LogP contribution < -0.4 is 15.5 Å². The van der Waals surface area contributed by atoms with E-state index in [1.807, 2.05) is 50.1 Å². The fourth-order valence-electron chi connectivity index (χ4n) is 3.79. The number of amides is 1. The van der Waals surface area contributed by atoms with Crippen LogP contribution in [0.4, 0.5) is 5.82 Å². The monoisotopic (exact) mass is 421 g/mol. The second-order valence-electron chi connectivity index (χ2n) is 7.55. The average molecular weight is 422 g/mol. The lowest BCUT2D eigenvalue weighted by Gasteiger charge is -2.24. The Kier molecular flexibility index (Phi) is 6.22. The highest BCUT2D eigenvalue weighted by atomic mass is 16.4. The molecule has 3 aromatic rings. The standard InChI is InChI=1S/C22H27N7O2/c1-4-24-20(30)17-6-5-11-29(17)18-13-25-14(2)19(26-18)22-28-27-21(31-22)16-9-7-15(8-10-16)12-23-3/h7-10,13,17,23H,4-6,11-12H2,1-3H3,(H,24,30)/t17-/m0/s1. The average Bonchev–Trinajstić information content (AvgIpc) is 3.45. The van der Waals surface area contributed by atoms with Crippen molar-refractivity contribution in [2.75, 3.05) is 25.0 Å². The van der Waals surface area contributed by atoms with Crippen molar-refractivity contribution in [1.82, 2.24) is 30.8 Å². The van der Waals surface area contributed by atoms with Crippen LogP contribution in [0.1, 0.15) is 31.0 Å². The molecule has 1 saturated heterocycles. The molecule has 9 nitrogen and oxygen atoms in total. The van der Waals surface area contributed by atoms with Gasteiger partial charge in [0, 0.05) is 25.2 Å². The summed E-state index contributed by atoms with van der Waals surface area (Å²) in [5.41, 5.74) is 3.24. The van der Waals surface area contributed by atoms with Crippen LogP contribution in [0.3, 0.4) is 0 Å². The largest absolute Gasteiger partial charge is 0.415 e. The van der Waals surface area contributed by atoms with Gasteiger partial charge in [0.2, 0.25) is 11.8 Å². The Balaban J connectivity index is 1.60. The maximum Gasteiger partial charge on any atom is 0.268 e. The van der Waals surface area contributed by atoms with E-state index >= 15 is 0 Å². The molecule has 2 aromatic heterocycles. The van der Waals surface area contributed by atoms with E-state index in [0.717, 1.165) is 31.5 Å². The summed E-state index contributed by atoms with van der Waals surface area (Å²) < 4.78 is 5.93. The van der Waals surface area contributed by atoms with E-state index in [-0.39, 0.29) is 11.9 Å². The smallest absolute Gasteiger partial charge is 0.268 e. The molecular formula is C22H27N7O2. The summed E-state index contributed by atoms with van der Waals surface area (Å²) in [5, 5.41) is 14.4. The van der Waals surface area contributed by atoms with Crippen molar-refractivity contribution >= 4 is 11.7 Å². The van der Waals surface area contributed by atoms with Gasteiger partial charge in [0.05, 0.1) is 11.9 Å². The zero-order chi connectivity index (χ0) is 21.8. The van der Waals surface area contributed by atoms with Gasteiger partial charge in [-0.1, -0.05) is 12.1 Å². The van der Waals surface area contributed by atoms with E-state index in [2.05, 4.69) is 25.8 Å². The zero-order valence-corrected chi connectivity index (χ0v) is 18.1. The van der Waals surface area contributed by atoms with E-state index in [1.54, 1.807) is 6.20 Å². The van der Waals surface area contributed by atoms with Crippen molar-refractivity contribution < 1.29 is 9.21 Å². The molecule has 0 radical (unpaired) electrons. The number of carbonyl (C=O) groups excluding carboxylic acids is 1. The second-order valence-corrected chi connectivity index (χ2v) is 7.55. The molecule has 1 aliphatic heterocycles. The Hall–Kier alpha value is -3.33. The van der Waals surface area contributed by atoms with Crippen LogP contribution >= 0.6 is 0 Å². The van der Waals surface area contributed by atoms with Gasteiger partial charge < -0.3 is 20.0 Å². The summed E-state index contributed by atoms with van der Waals surface area (Å²) in [4.78, 5) is 23.7.